The second-order valence-corrected chi connectivity index (χ2v) is 7.50. The molecule has 168 valence electrons. The molecule has 0 spiro atoms. The van der Waals surface area contributed by atoms with E-state index in [2.05, 4.69) is 17.2 Å². The second kappa shape index (κ2) is 12.1. The van der Waals surface area contributed by atoms with E-state index in [0.29, 0.717) is 31.4 Å². The lowest BCUT2D eigenvalue weighted by molar-refractivity contribution is -0.700. The SMILES string of the molecule is [NH3+][C@@H](CCCCC[n+]1cc([O-])c(C[C@H]([NH3+])C(=O)[O-])c(CC[C@H]([NH3+])C(=O)[O-])c1)C(=O)[O-]. The molecular formula is C19H30N4O7. The van der Waals surface area contributed by atoms with Crippen molar-refractivity contribution < 1.29 is 56.6 Å². The monoisotopic (exact) mass is 426 g/mol. The summed E-state index contributed by atoms with van der Waals surface area (Å²) in [6.07, 6.45) is 5.80. The van der Waals surface area contributed by atoms with Crippen LogP contribution in [0.25, 0.3) is 0 Å². The maximum atomic E-state index is 12.6. The molecule has 3 atom stereocenters. The molecule has 0 saturated carbocycles. The number of carboxylic acid groups (broad SMARTS) is 3. The van der Waals surface area contributed by atoms with Gasteiger partial charge in [0.2, 0.25) is 0 Å². The van der Waals surface area contributed by atoms with Gasteiger partial charge in [0.25, 0.3) is 0 Å². The average Bonchev–Trinajstić information content (AvgIpc) is 2.67. The quantitative estimate of drug-likeness (QED) is 0.192. The van der Waals surface area contributed by atoms with Crippen LogP contribution in [-0.4, -0.2) is 36.0 Å². The Kier molecular flexibility index (Phi) is 10.2. The molecule has 0 aliphatic carbocycles. The van der Waals surface area contributed by atoms with E-state index in [1.165, 1.54) is 6.20 Å². The normalized spacial score (nSPS) is 14.1. The molecule has 0 aliphatic heterocycles. The first-order valence-corrected chi connectivity index (χ1v) is 9.86. The first-order chi connectivity index (χ1) is 14.0. The van der Waals surface area contributed by atoms with Gasteiger partial charge in [-0.15, -0.1) is 0 Å². The van der Waals surface area contributed by atoms with Crippen molar-refractivity contribution in [3.05, 3.63) is 23.5 Å². The van der Waals surface area contributed by atoms with Gasteiger partial charge >= 0.3 is 0 Å². The van der Waals surface area contributed by atoms with Crippen LogP contribution in [0.15, 0.2) is 12.4 Å². The van der Waals surface area contributed by atoms with Crippen LogP contribution in [-0.2, 0) is 33.8 Å². The van der Waals surface area contributed by atoms with Crippen LogP contribution >= 0.6 is 0 Å². The molecule has 0 fully saturated rings. The molecule has 1 heterocycles. The number of quaternary nitrogens is 3. The van der Waals surface area contributed by atoms with Crippen LogP contribution in [0, 0.1) is 0 Å². The Morgan fingerprint density at radius 3 is 1.97 bits per heavy atom. The summed E-state index contributed by atoms with van der Waals surface area (Å²) in [5.74, 6) is -4.21. The van der Waals surface area contributed by atoms with Crippen LogP contribution in [0.5, 0.6) is 5.75 Å². The highest BCUT2D eigenvalue weighted by Crippen LogP contribution is 2.20. The van der Waals surface area contributed by atoms with E-state index in [9.17, 15) is 34.8 Å². The number of rotatable bonds is 14. The molecule has 0 saturated heterocycles. The molecule has 11 heteroatoms. The molecule has 0 bridgehead atoms. The number of hydrogen-bond donors (Lipinski definition) is 3. The second-order valence-electron chi connectivity index (χ2n) is 7.50. The summed E-state index contributed by atoms with van der Waals surface area (Å²) in [6.45, 7) is 0.498. The Balaban J connectivity index is 2.86. The number of carboxylic acids is 3. The Morgan fingerprint density at radius 1 is 0.833 bits per heavy atom. The number of unbranched alkanes of at least 4 members (excludes halogenated alkanes) is 2. The number of hydrogen-bond acceptors (Lipinski definition) is 7. The number of nitrogens with zero attached hydrogens (tertiary/aromatic N) is 1. The summed E-state index contributed by atoms with van der Waals surface area (Å²) < 4.78 is 1.68. The molecule has 1 aromatic heterocycles. The topological polar surface area (TPSA) is 230 Å². The lowest BCUT2D eigenvalue weighted by Gasteiger charge is -2.19. The summed E-state index contributed by atoms with van der Waals surface area (Å²) in [5, 5.41) is 45.2. The molecule has 0 unspecified atom stereocenters. The summed E-state index contributed by atoms with van der Waals surface area (Å²) in [5.41, 5.74) is 11.3. The number of aliphatic carboxylic acids is 3. The van der Waals surface area contributed by atoms with E-state index >= 15 is 0 Å². The van der Waals surface area contributed by atoms with E-state index < -0.39 is 36.0 Å². The Bertz CT molecular complexity index is 757. The lowest BCUT2D eigenvalue weighted by Crippen LogP contribution is -2.69. The largest absolute Gasteiger partial charge is 0.868 e. The third-order valence-electron chi connectivity index (χ3n) is 4.97. The summed E-state index contributed by atoms with van der Waals surface area (Å²) in [7, 11) is 0. The predicted octanol–water partition coefficient (Wildman–Crippen LogP) is -7.84. The molecule has 1 aromatic rings. The highest BCUT2D eigenvalue weighted by molar-refractivity contribution is 5.70. The number of pyridine rings is 1. The van der Waals surface area contributed by atoms with E-state index in [1.54, 1.807) is 10.8 Å². The first-order valence-electron chi connectivity index (χ1n) is 9.86. The zero-order valence-corrected chi connectivity index (χ0v) is 17.0. The molecule has 0 radical (unpaired) electrons. The van der Waals surface area contributed by atoms with Crippen LogP contribution < -0.4 is 42.2 Å². The fourth-order valence-corrected chi connectivity index (χ4v) is 3.04. The Labute approximate surface area is 174 Å². The lowest BCUT2D eigenvalue weighted by atomic mass is 9.96. The van der Waals surface area contributed by atoms with Gasteiger partial charge in [0.15, 0.2) is 12.4 Å². The molecule has 9 N–H and O–H groups in total. The van der Waals surface area contributed by atoms with Crippen LogP contribution in [0.3, 0.4) is 0 Å². The third kappa shape index (κ3) is 8.31. The summed E-state index contributed by atoms with van der Waals surface area (Å²) in [4.78, 5) is 32.6. The van der Waals surface area contributed by atoms with Gasteiger partial charge in [-0.1, -0.05) is 0 Å². The van der Waals surface area contributed by atoms with Gasteiger partial charge in [-0.3, -0.25) is 0 Å². The highest BCUT2D eigenvalue weighted by atomic mass is 16.4. The molecule has 0 aromatic carbocycles. The minimum atomic E-state index is -1.37. The fourth-order valence-electron chi connectivity index (χ4n) is 3.04. The van der Waals surface area contributed by atoms with Crippen molar-refractivity contribution in [2.45, 2.75) is 69.6 Å². The van der Waals surface area contributed by atoms with Crippen molar-refractivity contribution in [2.24, 2.45) is 0 Å². The van der Waals surface area contributed by atoms with E-state index in [1.807, 2.05) is 0 Å². The third-order valence-corrected chi connectivity index (χ3v) is 4.97. The highest BCUT2D eigenvalue weighted by Gasteiger charge is 2.18. The van der Waals surface area contributed by atoms with Gasteiger partial charge in [0.1, 0.15) is 24.7 Å². The van der Waals surface area contributed by atoms with Gasteiger partial charge in [-0.25, -0.2) is 4.57 Å². The molecule has 1 rings (SSSR count). The van der Waals surface area contributed by atoms with Gasteiger partial charge in [0.05, 0.1) is 17.9 Å². The van der Waals surface area contributed by atoms with Crippen LogP contribution in [0.2, 0.25) is 0 Å². The maximum absolute atomic E-state index is 12.6. The van der Waals surface area contributed by atoms with Gasteiger partial charge in [0, 0.05) is 31.2 Å². The fraction of sp³-hybridized carbons (Fsp3) is 0.579. The Hall–Kier alpha value is -2.76. The van der Waals surface area contributed by atoms with Gasteiger partial charge in [-0.05, 0) is 30.6 Å². The van der Waals surface area contributed by atoms with Crippen molar-refractivity contribution in [3.8, 4) is 5.75 Å². The van der Waals surface area contributed by atoms with Crippen molar-refractivity contribution >= 4 is 17.9 Å². The van der Waals surface area contributed by atoms with Gasteiger partial charge in [-0.2, -0.15) is 0 Å². The van der Waals surface area contributed by atoms with Crippen LogP contribution in [0.4, 0.5) is 0 Å². The van der Waals surface area contributed by atoms with Crippen LogP contribution in [0.1, 0.15) is 43.2 Å². The minimum Gasteiger partial charge on any atom is -0.868 e. The van der Waals surface area contributed by atoms with E-state index in [0.717, 1.165) is 6.42 Å². The molecular weight excluding hydrogens is 396 g/mol. The molecule has 11 nitrogen and oxygen atoms in total. The maximum Gasteiger partial charge on any atom is 0.172 e. The first kappa shape index (κ1) is 25.3. The predicted molar refractivity (Wildman–Crippen MR) is 91.6 cm³/mol. The number of aromatic nitrogens is 1. The summed E-state index contributed by atoms with van der Waals surface area (Å²) >= 11 is 0. The zero-order valence-electron chi connectivity index (χ0n) is 17.0. The van der Waals surface area contributed by atoms with Crippen molar-refractivity contribution in [2.75, 3.05) is 0 Å². The number of carbonyl (C=O) groups is 3. The Morgan fingerprint density at radius 2 is 1.40 bits per heavy atom. The zero-order chi connectivity index (χ0) is 22.8. The van der Waals surface area contributed by atoms with E-state index in [4.69, 9.17) is 0 Å². The summed E-state index contributed by atoms with van der Waals surface area (Å²) in [6, 6.07) is -2.82. The number of carbonyl (C=O) groups excluding carboxylic acids is 3. The van der Waals surface area contributed by atoms with Crippen molar-refractivity contribution in [3.63, 3.8) is 0 Å². The van der Waals surface area contributed by atoms with E-state index in [-0.39, 0.29) is 30.6 Å². The molecule has 30 heavy (non-hydrogen) atoms. The van der Waals surface area contributed by atoms with Crippen molar-refractivity contribution in [1.29, 1.82) is 0 Å². The standard InChI is InChI=1S/C19H30N4O7/c20-13(17(25)26)4-2-1-3-7-23-9-11(5-6-14(21)18(27)28)12(16(24)10-23)8-15(22)19(29)30/h9-10,13-15H,1-8,20-22H2,(H3-,24,25,26,27,28,29,30)/t13-,14-,15-/m0/s1. The van der Waals surface area contributed by atoms with Gasteiger partial charge < -0.3 is 52.0 Å². The smallest absolute Gasteiger partial charge is 0.172 e. The average molecular weight is 426 g/mol. The van der Waals surface area contributed by atoms with Crippen molar-refractivity contribution in [1.82, 2.24) is 0 Å². The minimum absolute atomic E-state index is 0.113. The molecule has 0 aliphatic rings. The molecule has 0 amide bonds. The number of aryl methyl sites for hydroxylation is 2.